The normalized spacial score (nSPS) is 15.9. The largest absolute Gasteiger partial charge is 0.419 e. The number of imidazole rings is 1. The molecule has 4 aromatic rings. The van der Waals surface area contributed by atoms with E-state index in [9.17, 15) is 0 Å². The molecule has 4 heteroatoms. The Bertz CT molecular complexity index is 1090. The third kappa shape index (κ3) is 1.04. The first-order valence-electron chi connectivity index (χ1n) is 7.95. The van der Waals surface area contributed by atoms with Crippen LogP contribution in [0.4, 0.5) is 0 Å². The van der Waals surface area contributed by atoms with E-state index < -0.39 is 6.98 Å². The molecular weight excluding hydrogens is 250 g/mol. The zero-order chi connectivity index (χ0) is 15.8. The molecule has 0 atom stereocenters. The third-order valence-electron chi connectivity index (χ3n) is 3.96. The molecule has 5 rings (SSSR count). The fraction of sp³-hybridized carbons (Fsp3) is 0.125. The quantitative estimate of drug-likeness (QED) is 0.403. The molecule has 0 aliphatic carbocycles. The van der Waals surface area contributed by atoms with Crippen molar-refractivity contribution in [2.24, 2.45) is 6.98 Å². The average Bonchev–Trinajstić information content (AvgIpc) is 3.13. The molecule has 3 aromatic heterocycles. The van der Waals surface area contributed by atoms with Crippen molar-refractivity contribution in [2.45, 2.75) is 6.54 Å². The molecule has 0 unspecified atom stereocenters. The highest BCUT2D eigenvalue weighted by molar-refractivity contribution is 6.01. The van der Waals surface area contributed by atoms with Gasteiger partial charge in [-0.15, -0.1) is 0 Å². The van der Waals surface area contributed by atoms with E-state index in [1.54, 1.807) is 12.4 Å². The first kappa shape index (κ1) is 7.85. The van der Waals surface area contributed by atoms with Crippen molar-refractivity contribution >= 4 is 22.2 Å². The zero-order valence-corrected chi connectivity index (χ0v) is 10.5. The molecule has 20 heavy (non-hydrogen) atoms. The second kappa shape index (κ2) is 3.28. The van der Waals surface area contributed by atoms with Crippen LogP contribution in [0, 0.1) is 0 Å². The van der Waals surface area contributed by atoms with Crippen LogP contribution >= 0.6 is 0 Å². The molecule has 0 fully saturated rings. The Morgan fingerprint density at radius 2 is 2.30 bits per heavy atom. The van der Waals surface area contributed by atoms with Gasteiger partial charge >= 0.3 is 5.71 Å². The number of furan rings is 1. The summed E-state index contributed by atoms with van der Waals surface area (Å²) in [6, 6.07) is 9.38. The standard InChI is InChI=1S/C16H12N3O/c1-18-14-12-4-2-3-5-13(12)20-16(14)19-9-10-8-17-7-6-11(10)15(18)19/h2-8H,9H2,1H3/q+1/i1D3. The summed E-state index contributed by atoms with van der Waals surface area (Å²) in [7, 11) is 0. The molecule has 0 N–H and O–H groups in total. The van der Waals surface area contributed by atoms with Gasteiger partial charge < -0.3 is 4.42 Å². The SMILES string of the molecule is [2H]C([2H])([2H])n1c2[n+](c3oc4ccccc4c31)Cc1cnccc1-2. The Morgan fingerprint density at radius 3 is 3.25 bits per heavy atom. The minimum atomic E-state index is -2.30. The van der Waals surface area contributed by atoms with Crippen LogP contribution in [0.2, 0.25) is 0 Å². The Hall–Kier alpha value is -2.62. The number of nitrogens with zero attached hydrogens (tertiary/aromatic N) is 3. The molecule has 0 spiro atoms. The number of para-hydroxylation sites is 1. The predicted molar refractivity (Wildman–Crippen MR) is 75.2 cm³/mol. The minimum absolute atomic E-state index is 0.567. The molecule has 1 aromatic carbocycles. The maximum absolute atomic E-state index is 8.02. The summed E-state index contributed by atoms with van der Waals surface area (Å²) in [5, 5.41) is 0.816. The van der Waals surface area contributed by atoms with E-state index in [1.807, 2.05) is 34.9 Å². The molecule has 0 radical (unpaired) electrons. The van der Waals surface area contributed by atoms with Gasteiger partial charge in [0.05, 0.1) is 22.0 Å². The predicted octanol–water partition coefficient (Wildman–Crippen LogP) is 2.64. The number of pyridine rings is 1. The van der Waals surface area contributed by atoms with Gasteiger partial charge in [-0.05, 0) is 18.2 Å². The van der Waals surface area contributed by atoms with Gasteiger partial charge in [0.25, 0.3) is 5.82 Å². The zero-order valence-electron chi connectivity index (χ0n) is 13.5. The molecule has 4 heterocycles. The second-order valence-corrected chi connectivity index (χ2v) is 5.03. The van der Waals surface area contributed by atoms with Crippen LogP contribution in [0.25, 0.3) is 33.6 Å². The lowest BCUT2D eigenvalue weighted by Crippen LogP contribution is -2.31. The van der Waals surface area contributed by atoms with Crippen molar-refractivity contribution < 1.29 is 13.1 Å². The highest BCUT2D eigenvalue weighted by Crippen LogP contribution is 2.34. The van der Waals surface area contributed by atoms with E-state index in [1.165, 1.54) is 4.57 Å². The summed E-state index contributed by atoms with van der Waals surface area (Å²) in [4.78, 5) is 4.14. The maximum Gasteiger partial charge on any atom is 0.339 e. The summed E-state index contributed by atoms with van der Waals surface area (Å²) in [6.45, 7) is -1.73. The van der Waals surface area contributed by atoms with Gasteiger partial charge in [0.1, 0.15) is 12.1 Å². The Labute approximate surface area is 119 Å². The summed E-state index contributed by atoms with van der Waals surface area (Å²) in [5.74, 6) is 0.655. The van der Waals surface area contributed by atoms with E-state index in [2.05, 4.69) is 4.98 Å². The first-order valence-corrected chi connectivity index (χ1v) is 6.45. The van der Waals surface area contributed by atoms with Gasteiger partial charge in [-0.2, -0.15) is 4.57 Å². The Morgan fingerprint density at radius 1 is 1.35 bits per heavy atom. The molecule has 4 nitrogen and oxygen atoms in total. The smallest absolute Gasteiger partial charge is 0.339 e. The molecule has 0 saturated carbocycles. The van der Waals surface area contributed by atoms with Crippen LogP contribution in [0.1, 0.15) is 9.68 Å². The summed E-state index contributed by atoms with van der Waals surface area (Å²) >= 11 is 0. The number of benzene rings is 1. The van der Waals surface area contributed by atoms with E-state index in [0.717, 1.165) is 16.5 Å². The molecule has 96 valence electrons. The van der Waals surface area contributed by atoms with Gasteiger partial charge in [-0.3, -0.25) is 4.98 Å². The van der Waals surface area contributed by atoms with Crippen molar-refractivity contribution in [3.05, 3.63) is 48.3 Å². The lowest BCUT2D eigenvalue weighted by atomic mass is 10.2. The lowest BCUT2D eigenvalue weighted by molar-refractivity contribution is -0.652. The molecule has 0 amide bonds. The van der Waals surface area contributed by atoms with Gasteiger partial charge in [0.2, 0.25) is 5.52 Å². The van der Waals surface area contributed by atoms with Crippen molar-refractivity contribution in [1.82, 2.24) is 9.55 Å². The molecular formula is C16H12N3O+. The number of aryl methyl sites for hydroxylation is 1. The van der Waals surface area contributed by atoms with Crippen molar-refractivity contribution in [1.29, 1.82) is 0 Å². The summed E-state index contributed by atoms with van der Waals surface area (Å²) < 4.78 is 33.4. The van der Waals surface area contributed by atoms with E-state index in [0.29, 0.717) is 29.2 Å². The average molecular weight is 265 g/mol. The summed E-state index contributed by atoms with van der Waals surface area (Å²) in [6.07, 6.45) is 3.46. The maximum atomic E-state index is 8.02. The van der Waals surface area contributed by atoms with Crippen molar-refractivity contribution in [2.75, 3.05) is 0 Å². The number of fused-ring (bicyclic) bond motifs is 7. The fourth-order valence-corrected chi connectivity index (χ4v) is 3.09. The number of rotatable bonds is 0. The van der Waals surface area contributed by atoms with Crippen LogP contribution < -0.4 is 4.57 Å². The molecule has 1 aliphatic heterocycles. The van der Waals surface area contributed by atoms with Gasteiger partial charge in [0, 0.05) is 18.0 Å². The van der Waals surface area contributed by atoms with Gasteiger partial charge in [-0.1, -0.05) is 12.1 Å². The second-order valence-electron chi connectivity index (χ2n) is 5.03. The van der Waals surface area contributed by atoms with Crippen LogP contribution in [-0.4, -0.2) is 9.55 Å². The van der Waals surface area contributed by atoms with Gasteiger partial charge in [-0.25, -0.2) is 4.57 Å². The minimum Gasteiger partial charge on any atom is -0.419 e. The topological polar surface area (TPSA) is 34.8 Å². The monoisotopic (exact) mass is 265 g/mol. The highest BCUT2D eigenvalue weighted by atomic mass is 16.3. The highest BCUT2D eigenvalue weighted by Gasteiger charge is 2.35. The Kier molecular flexibility index (Phi) is 1.29. The lowest BCUT2D eigenvalue weighted by Gasteiger charge is -1.94. The fourth-order valence-electron chi connectivity index (χ4n) is 3.09. The van der Waals surface area contributed by atoms with E-state index in [4.69, 9.17) is 8.53 Å². The van der Waals surface area contributed by atoms with Crippen LogP contribution in [0.3, 0.4) is 0 Å². The Balaban J connectivity index is 2.01. The number of hydrogen-bond acceptors (Lipinski definition) is 2. The van der Waals surface area contributed by atoms with Crippen LogP contribution in [0.15, 0.2) is 47.1 Å². The van der Waals surface area contributed by atoms with Crippen LogP contribution in [0.5, 0.6) is 0 Å². The third-order valence-corrected chi connectivity index (χ3v) is 3.96. The van der Waals surface area contributed by atoms with Crippen LogP contribution in [-0.2, 0) is 13.5 Å². The number of hydrogen-bond donors (Lipinski definition) is 0. The summed E-state index contributed by atoms with van der Waals surface area (Å²) in [5.41, 5.74) is 3.81. The van der Waals surface area contributed by atoms with E-state index >= 15 is 0 Å². The van der Waals surface area contributed by atoms with E-state index in [-0.39, 0.29) is 0 Å². The van der Waals surface area contributed by atoms with Gasteiger partial charge in [0.15, 0.2) is 0 Å². The molecule has 0 saturated heterocycles. The molecule has 1 aliphatic rings. The number of aromatic nitrogens is 3. The van der Waals surface area contributed by atoms with Crippen molar-refractivity contribution in [3.8, 4) is 11.4 Å². The van der Waals surface area contributed by atoms with Crippen molar-refractivity contribution in [3.63, 3.8) is 0 Å². The molecule has 0 bridgehead atoms. The first-order chi connectivity index (χ1) is 11.1.